The zero-order chi connectivity index (χ0) is 13.8. The Balaban J connectivity index is 2.08. The number of anilines is 1. The number of urea groups is 1. The van der Waals surface area contributed by atoms with Gasteiger partial charge in [-0.15, -0.1) is 0 Å². The van der Waals surface area contributed by atoms with Crippen molar-refractivity contribution in [3.63, 3.8) is 0 Å². The molecule has 5 nitrogen and oxygen atoms in total. The van der Waals surface area contributed by atoms with Crippen LogP contribution in [0.3, 0.4) is 0 Å². The molecular formula is C13H17N3O2S. The van der Waals surface area contributed by atoms with E-state index in [2.05, 4.69) is 15.6 Å². The first-order valence-corrected chi connectivity index (χ1v) is 7.14. The van der Waals surface area contributed by atoms with E-state index < -0.39 is 0 Å². The predicted octanol–water partition coefficient (Wildman–Crippen LogP) is 2.90. The van der Waals surface area contributed by atoms with Crippen molar-refractivity contribution in [1.82, 2.24) is 10.3 Å². The fraction of sp³-hybridized carbons (Fsp3) is 0.385. The molecule has 3 N–H and O–H groups in total. The SMILES string of the molecule is CCC(CC)NC(=O)Nc1ccc2[nH]c(=O)sc2c1. The molecule has 0 fully saturated rings. The van der Waals surface area contributed by atoms with Crippen LogP contribution in [0.25, 0.3) is 10.2 Å². The molecule has 0 spiro atoms. The molecule has 0 bridgehead atoms. The van der Waals surface area contributed by atoms with Crippen LogP contribution < -0.4 is 15.5 Å². The van der Waals surface area contributed by atoms with Crippen LogP contribution in [-0.2, 0) is 0 Å². The second kappa shape index (κ2) is 5.88. The van der Waals surface area contributed by atoms with Crippen LogP contribution in [0.15, 0.2) is 23.0 Å². The van der Waals surface area contributed by atoms with Crippen LogP contribution in [0.4, 0.5) is 10.5 Å². The molecule has 0 saturated carbocycles. The lowest BCUT2D eigenvalue weighted by Crippen LogP contribution is -2.37. The van der Waals surface area contributed by atoms with Gasteiger partial charge in [0.15, 0.2) is 0 Å². The first kappa shape index (κ1) is 13.6. The monoisotopic (exact) mass is 279 g/mol. The van der Waals surface area contributed by atoms with E-state index in [9.17, 15) is 9.59 Å². The van der Waals surface area contributed by atoms with E-state index in [1.54, 1.807) is 18.2 Å². The summed E-state index contributed by atoms with van der Waals surface area (Å²) in [4.78, 5) is 25.6. The number of H-pyrrole nitrogens is 1. The highest BCUT2D eigenvalue weighted by Gasteiger charge is 2.08. The maximum Gasteiger partial charge on any atom is 0.319 e. The molecule has 0 unspecified atom stereocenters. The summed E-state index contributed by atoms with van der Waals surface area (Å²) in [6, 6.07) is 5.34. The number of aromatic nitrogens is 1. The summed E-state index contributed by atoms with van der Waals surface area (Å²) < 4.78 is 0.838. The molecule has 0 radical (unpaired) electrons. The summed E-state index contributed by atoms with van der Waals surface area (Å²) in [7, 11) is 0. The number of carbonyl (C=O) groups is 1. The quantitative estimate of drug-likeness (QED) is 0.805. The number of amides is 2. The molecule has 1 aromatic heterocycles. The molecule has 1 aromatic carbocycles. The highest BCUT2D eigenvalue weighted by Crippen LogP contribution is 2.19. The van der Waals surface area contributed by atoms with Crippen LogP contribution >= 0.6 is 11.3 Å². The molecule has 1 heterocycles. The molecule has 19 heavy (non-hydrogen) atoms. The maximum absolute atomic E-state index is 11.8. The van der Waals surface area contributed by atoms with Crippen LogP contribution in [0, 0.1) is 0 Å². The van der Waals surface area contributed by atoms with Gasteiger partial charge in [-0.3, -0.25) is 4.79 Å². The molecule has 6 heteroatoms. The van der Waals surface area contributed by atoms with E-state index in [0.29, 0.717) is 5.69 Å². The van der Waals surface area contributed by atoms with Crippen molar-refractivity contribution in [2.24, 2.45) is 0 Å². The summed E-state index contributed by atoms with van der Waals surface area (Å²) in [5.41, 5.74) is 1.48. The van der Waals surface area contributed by atoms with Crippen LogP contribution in [0.1, 0.15) is 26.7 Å². The van der Waals surface area contributed by atoms with Crippen LogP contribution in [0.5, 0.6) is 0 Å². The Morgan fingerprint density at radius 2 is 2.11 bits per heavy atom. The number of nitrogens with one attached hydrogen (secondary N) is 3. The summed E-state index contributed by atoms with van der Waals surface area (Å²) in [6.45, 7) is 4.08. The summed E-state index contributed by atoms with van der Waals surface area (Å²) in [5.74, 6) is 0. The smallest absolute Gasteiger partial charge is 0.319 e. The summed E-state index contributed by atoms with van der Waals surface area (Å²) in [5, 5.41) is 5.69. The van der Waals surface area contributed by atoms with Crippen LogP contribution in [0.2, 0.25) is 0 Å². The predicted molar refractivity (Wildman–Crippen MR) is 79.0 cm³/mol. The Morgan fingerprint density at radius 3 is 2.79 bits per heavy atom. The third kappa shape index (κ3) is 3.35. The molecule has 2 rings (SSSR count). The lowest BCUT2D eigenvalue weighted by Gasteiger charge is -2.15. The van der Waals surface area contributed by atoms with Crippen molar-refractivity contribution in [2.75, 3.05) is 5.32 Å². The van der Waals surface area contributed by atoms with Gasteiger partial charge in [0, 0.05) is 11.7 Å². The first-order valence-electron chi connectivity index (χ1n) is 6.32. The molecule has 2 amide bonds. The van der Waals surface area contributed by atoms with Crippen molar-refractivity contribution < 1.29 is 4.79 Å². The number of hydrogen-bond acceptors (Lipinski definition) is 3. The van der Waals surface area contributed by atoms with Gasteiger partial charge in [-0.05, 0) is 31.0 Å². The largest absolute Gasteiger partial charge is 0.335 e. The Labute approximate surface area is 115 Å². The Morgan fingerprint density at radius 1 is 1.37 bits per heavy atom. The number of carbonyl (C=O) groups excluding carboxylic acids is 1. The van der Waals surface area contributed by atoms with Crippen molar-refractivity contribution >= 4 is 33.3 Å². The topological polar surface area (TPSA) is 74.0 Å². The Kier molecular flexibility index (Phi) is 4.21. The zero-order valence-corrected chi connectivity index (χ0v) is 11.8. The molecule has 102 valence electrons. The van der Waals surface area contributed by atoms with Crippen molar-refractivity contribution in [1.29, 1.82) is 0 Å². The van der Waals surface area contributed by atoms with Gasteiger partial charge >= 0.3 is 10.9 Å². The van der Waals surface area contributed by atoms with E-state index in [0.717, 1.165) is 34.4 Å². The third-order valence-electron chi connectivity index (χ3n) is 3.00. The second-order valence-corrected chi connectivity index (χ2v) is 5.35. The lowest BCUT2D eigenvalue weighted by atomic mass is 10.2. The highest BCUT2D eigenvalue weighted by atomic mass is 32.1. The molecule has 0 aliphatic rings. The first-order chi connectivity index (χ1) is 9.12. The number of rotatable bonds is 4. The minimum atomic E-state index is -0.212. The average molecular weight is 279 g/mol. The van der Waals surface area contributed by atoms with Crippen LogP contribution in [-0.4, -0.2) is 17.1 Å². The molecule has 0 atom stereocenters. The lowest BCUT2D eigenvalue weighted by molar-refractivity contribution is 0.247. The molecular weight excluding hydrogens is 262 g/mol. The molecule has 0 aliphatic carbocycles. The van der Waals surface area contributed by atoms with E-state index in [-0.39, 0.29) is 16.9 Å². The molecule has 0 saturated heterocycles. The standard InChI is InChI=1S/C13H17N3O2S/c1-3-8(4-2)14-12(17)15-9-5-6-10-11(7-9)19-13(18)16-10/h5-8H,3-4H2,1-2H3,(H,16,18)(H2,14,15,17). The summed E-state index contributed by atoms with van der Waals surface area (Å²) >= 11 is 1.13. The maximum atomic E-state index is 11.8. The van der Waals surface area contributed by atoms with E-state index >= 15 is 0 Å². The van der Waals surface area contributed by atoms with Gasteiger partial charge in [0.2, 0.25) is 0 Å². The number of aromatic amines is 1. The minimum Gasteiger partial charge on any atom is -0.335 e. The second-order valence-electron chi connectivity index (χ2n) is 4.34. The van der Waals surface area contributed by atoms with Gasteiger partial charge in [0.05, 0.1) is 10.2 Å². The minimum absolute atomic E-state index is 0.0892. The third-order valence-corrected chi connectivity index (χ3v) is 3.84. The summed E-state index contributed by atoms with van der Waals surface area (Å²) in [6.07, 6.45) is 1.81. The number of hydrogen-bond donors (Lipinski definition) is 3. The number of thiazole rings is 1. The molecule has 0 aliphatic heterocycles. The van der Waals surface area contributed by atoms with Gasteiger partial charge < -0.3 is 15.6 Å². The van der Waals surface area contributed by atoms with Gasteiger partial charge in [-0.25, -0.2) is 4.79 Å². The fourth-order valence-corrected chi connectivity index (χ4v) is 2.64. The Bertz CT molecular complexity index is 628. The van der Waals surface area contributed by atoms with Crippen molar-refractivity contribution in [3.8, 4) is 0 Å². The van der Waals surface area contributed by atoms with E-state index in [1.165, 1.54) is 0 Å². The zero-order valence-electron chi connectivity index (χ0n) is 10.9. The Hall–Kier alpha value is -1.82. The van der Waals surface area contributed by atoms with Gasteiger partial charge in [0.1, 0.15) is 0 Å². The number of benzene rings is 1. The fourth-order valence-electron chi connectivity index (χ4n) is 1.87. The van der Waals surface area contributed by atoms with Gasteiger partial charge in [-0.1, -0.05) is 25.2 Å². The van der Waals surface area contributed by atoms with Gasteiger partial charge in [0.25, 0.3) is 0 Å². The highest BCUT2D eigenvalue weighted by molar-refractivity contribution is 7.16. The number of fused-ring (bicyclic) bond motifs is 1. The van der Waals surface area contributed by atoms with Crippen molar-refractivity contribution in [2.45, 2.75) is 32.7 Å². The van der Waals surface area contributed by atoms with E-state index in [1.807, 2.05) is 13.8 Å². The van der Waals surface area contributed by atoms with E-state index in [4.69, 9.17) is 0 Å². The van der Waals surface area contributed by atoms with Crippen molar-refractivity contribution in [3.05, 3.63) is 27.9 Å². The molecule has 2 aromatic rings. The normalized spacial score (nSPS) is 10.9. The average Bonchev–Trinajstić information content (AvgIpc) is 2.75. The van der Waals surface area contributed by atoms with Gasteiger partial charge in [-0.2, -0.15) is 0 Å².